The molecular weight excluding hydrogens is 461 g/mol. The van der Waals surface area contributed by atoms with Crippen LogP contribution in [0.15, 0.2) is 83.8 Å². The molecule has 33 heavy (non-hydrogen) atoms. The number of alkyl halides is 3. The predicted molar refractivity (Wildman–Crippen MR) is 113 cm³/mol. The largest absolute Gasteiger partial charge is 0.479 e. The molecule has 0 saturated carbocycles. The number of benzene rings is 3. The van der Waals surface area contributed by atoms with Crippen molar-refractivity contribution in [3.05, 3.63) is 84.4 Å². The summed E-state index contributed by atoms with van der Waals surface area (Å²) < 4.78 is 78.0. The fraction of sp³-hybridized carbons (Fsp3) is 0.174. The predicted octanol–water partition coefficient (Wildman–Crippen LogP) is 5.24. The van der Waals surface area contributed by atoms with Crippen LogP contribution in [-0.2, 0) is 25.5 Å². The summed E-state index contributed by atoms with van der Waals surface area (Å²) in [5.74, 6) is -0.840. The van der Waals surface area contributed by atoms with E-state index in [0.29, 0.717) is 5.75 Å². The van der Waals surface area contributed by atoms with Crippen LogP contribution in [0, 0.1) is 0 Å². The Bertz CT molecular complexity index is 1180. The molecule has 10 heteroatoms. The van der Waals surface area contributed by atoms with Crippen molar-refractivity contribution >= 4 is 15.8 Å². The molecule has 0 N–H and O–H groups in total. The van der Waals surface area contributed by atoms with Gasteiger partial charge in [-0.2, -0.15) is 13.2 Å². The molecule has 0 fully saturated rings. The second-order valence-corrected chi connectivity index (χ2v) is 8.80. The Hall–Kier alpha value is -3.53. The van der Waals surface area contributed by atoms with Gasteiger partial charge in [0.05, 0.1) is 10.5 Å². The summed E-state index contributed by atoms with van der Waals surface area (Å²) in [6, 6.07) is 17.8. The first-order valence-corrected chi connectivity index (χ1v) is 11.3. The minimum Gasteiger partial charge on any atom is -0.479 e. The van der Waals surface area contributed by atoms with E-state index in [1.807, 2.05) is 0 Å². The molecule has 3 rings (SSSR count). The molecule has 0 aromatic heterocycles. The van der Waals surface area contributed by atoms with Crippen LogP contribution < -0.4 is 9.47 Å². The first kappa shape index (κ1) is 24.1. The average Bonchev–Trinajstić information content (AvgIpc) is 2.79. The monoisotopic (exact) mass is 480 g/mol. The van der Waals surface area contributed by atoms with E-state index in [0.717, 1.165) is 12.1 Å². The number of rotatable bonds is 8. The highest BCUT2D eigenvalue weighted by Gasteiger charge is 2.30. The number of halogens is 3. The van der Waals surface area contributed by atoms with Gasteiger partial charge in [0.2, 0.25) is 9.84 Å². The summed E-state index contributed by atoms with van der Waals surface area (Å²) in [7, 11) is -3.79. The number of carbonyl (C=O) groups excluding carboxylic acids is 1. The van der Waals surface area contributed by atoms with E-state index in [2.05, 4.69) is 0 Å². The number of carbonyl (C=O) groups is 1. The zero-order chi connectivity index (χ0) is 24.1. The van der Waals surface area contributed by atoms with Gasteiger partial charge >= 0.3 is 12.1 Å². The van der Waals surface area contributed by atoms with E-state index < -0.39 is 39.6 Å². The normalized spacial score (nSPS) is 12.6. The van der Waals surface area contributed by atoms with Crippen molar-refractivity contribution < 1.29 is 40.6 Å². The summed E-state index contributed by atoms with van der Waals surface area (Å²) in [6.45, 7) is 1.41. The second-order valence-electron chi connectivity index (χ2n) is 6.86. The summed E-state index contributed by atoms with van der Waals surface area (Å²) >= 11 is 0. The minimum absolute atomic E-state index is 0.0370. The van der Waals surface area contributed by atoms with Crippen molar-refractivity contribution in [1.82, 2.24) is 0 Å². The SMILES string of the molecule is CC(Oc1ccc(Oc2ccc(C(F)(F)F)cc2)cc1)C(=O)OCS(=O)(=O)c1ccccc1. The molecule has 3 aromatic rings. The highest BCUT2D eigenvalue weighted by Crippen LogP contribution is 2.31. The number of sulfone groups is 1. The van der Waals surface area contributed by atoms with E-state index in [1.165, 1.54) is 55.5 Å². The molecule has 0 heterocycles. The molecule has 0 aliphatic carbocycles. The second kappa shape index (κ2) is 9.95. The fourth-order valence-corrected chi connectivity index (χ4v) is 3.61. The Labute approximate surface area is 188 Å². The van der Waals surface area contributed by atoms with Crippen molar-refractivity contribution in [2.75, 3.05) is 5.94 Å². The van der Waals surface area contributed by atoms with Gasteiger partial charge in [-0.05, 0) is 67.6 Å². The molecule has 0 saturated heterocycles. The third-order valence-electron chi connectivity index (χ3n) is 4.34. The molecule has 0 bridgehead atoms. The quantitative estimate of drug-likeness (QED) is 0.411. The molecule has 6 nitrogen and oxygen atoms in total. The summed E-state index contributed by atoms with van der Waals surface area (Å²) in [6.07, 6.45) is -5.51. The Balaban J connectivity index is 1.53. The Morgan fingerprint density at radius 2 is 1.36 bits per heavy atom. The third kappa shape index (κ3) is 6.72. The first-order valence-electron chi connectivity index (χ1n) is 9.61. The first-order chi connectivity index (χ1) is 15.5. The van der Waals surface area contributed by atoms with Crippen LogP contribution in [-0.4, -0.2) is 26.4 Å². The van der Waals surface area contributed by atoms with Gasteiger partial charge in [0.15, 0.2) is 12.0 Å². The molecule has 1 unspecified atom stereocenters. The summed E-state index contributed by atoms with van der Waals surface area (Å²) in [5.41, 5.74) is -0.781. The van der Waals surface area contributed by atoms with E-state index >= 15 is 0 Å². The topological polar surface area (TPSA) is 78.9 Å². The smallest absolute Gasteiger partial charge is 0.416 e. The van der Waals surface area contributed by atoms with Crippen LogP contribution in [0.1, 0.15) is 12.5 Å². The van der Waals surface area contributed by atoms with Crippen LogP contribution in [0.2, 0.25) is 0 Å². The van der Waals surface area contributed by atoms with Crippen LogP contribution >= 0.6 is 0 Å². The lowest BCUT2D eigenvalue weighted by molar-refractivity contribution is -0.149. The number of esters is 1. The Morgan fingerprint density at radius 3 is 1.91 bits per heavy atom. The van der Waals surface area contributed by atoms with Crippen LogP contribution in [0.5, 0.6) is 17.2 Å². The highest BCUT2D eigenvalue weighted by atomic mass is 32.2. The molecule has 0 radical (unpaired) electrons. The van der Waals surface area contributed by atoms with Gasteiger partial charge in [-0.15, -0.1) is 0 Å². The lowest BCUT2D eigenvalue weighted by Crippen LogP contribution is -2.28. The zero-order valence-corrected chi connectivity index (χ0v) is 18.1. The van der Waals surface area contributed by atoms with Crippen LogP contribution in [0.3, 0.4) is 0 Å². The molecule has 0 aliphatic heterocycles. The van der Waals surface area contributed by atoms with Crippen molar-refractivity contribution in [2.45, 2.75) is 24.1 Å². The van der Waals surface area contributed by atoms with Gasteiger partial charge in [0.25, 0.3) is 0 Å². The average molecular weight is 480 g/mol. The molecule has 0 spiro atoms. The maximum Gasteiger partial charge on any atom is 0.416 e. The van der Waals surface area contributed by atoms with E-state index in [4.69, 9.17) is 14.2 Å². The third-order valence-corrected chi connectivity index (χ3v) is 5.76. The fourth-order valence-electron chi connectivity index (χ4n) is 2.64. The molecular formula is C23H19F3O6S. The highest BCUT2D eigenvalue weighted by molar-refractivity contribution is 7.91. The van der Waals surface area contributed by atoms with Crippen molar-refractivity contribution in [3.8, 4) is 17.2 Å². The van der Waals surface area contributed by atoms with Gasteiger partial charge in [-0.25, -0.2) is 13.2 Å². The molecule has 0 aliphatic rings. The molecule has 1 atom stereocenters. The van der Waals surface area contributed by atoms with Gasteiger partial charge < -0.3 is 14.2 Å². The number of hydrogen-bond acceptors (Lipinski definition) is 6. The number of hydrogen-bond donors (Lipinski definition) is 0. The lowest BCUT2D eigenvalue weighted by atomic mass is 10.2. The van der Waals surface area contributed by atoms with Crippen molar-refractivity contribution in [3.63, 3.8) is 0 Å². The zero-order valence-electron chi connectivity index (χ0n) is 17.3. The standard InChI is InChI=1S/C23H19F3O6S/c1-16(22(27)30-15-33(28,29)21-5-3-2-4-6-21)31-18-11-13-20(14-12-18)32-19-9-7-17(8-10-19)23(24,25)26/h2-14,16H,15H2,1H3. The van der Waals surface area contributed by atoms with Crippen molar-refractivity contribution in [2.24, 2.45) is 0 Å². The van der Waals surface area contributed by atoms with Gasteiger partial charge in [0, 0.05) is 0 Å². The maximum atomic E-state index is 12.6. The van der Waals surface area contributed by atoms with Gasteiger partial charge in [-0.1, -0.05) is 18.2 Å². The maximum absolute atomic E-state index is 12.6. The Morgan fingerprint density at radius 1 is 0.848 bits per heavy atom. The molecule has 174 valence electrons. The lowest BCUT2D eigenvalue weighted by Gasteiger charge is -2.14. The summed E-state index contributed by atoms with van der Waals surface area (Å²) in [4.78, 5) is 12.2. The van der Waals surface area contributed by atoms with Crippen LogP contribution in [0.25, 0.3) is 0 Å². The Kier molecular flexibility index (Phi) is 7.27. The van der Waals surface area contributed by atoms with Gasteiger partial charge in [0.1, 0.15) is 17.2 Å². The van der Waals surface area contributed by atoms with E-state index in [1.54, 1.807) is 18.2 Å². The molecule has 3 aromatic carbocycles. The van der Waals surface area contributed by atoms with Crippen LogP contribution in [0.4, 0.5) is 13.2 Å². The summed E-state index contributed by atoms with van der Waals surface area (Å²) in [5, 5.41) is 0. The van der Waals surface area contributed by atoms with Gasteiger partial charge in [-0.3, -0.25) is 0 Å². The minimum atomic E-state index is -4.43. The number of ether oxygens (including phenoxy) is 3. The van der Waals surface area contributed by atoms with Crippen molar-refractivity contribution in [1.29, 1.82) is 0 Å². The van der Waals surface area contributed by atoms with E-state index in [9.17, 15) is 26.4 Å². The van der Waals surface area contributed by atoms with E-state index in [-0.39, 0.29) is 16.4 Å². The molecule has 0 amide bonds.